The van der Waals surface area contributed by atoms with E-state index in [0.29, 0.717) is 0 Å². The van der Waals surface area contributed by atoms with E-state index in [9.17, 15) is 0 Å². The normalized spacial score (nSPS) is 26.5. The van der Waals surface area contributed by atoms with Gasteiger partial charge in [-0.25, -0.2) is 0 Å². The van der Waals surface area contributed by atoms with Gasteiger partial charge < -0.3 is 0 Å². The summed E-state index contributed by atoms with van der Waals surface area (Å²) in [6.45, 7) is 0. The van der Waals surface area contributed by atoms with Crippen molar-refractivity contribution >= 4 is 0 Å². The van der Waals surface area contributed by atoms with Crippen molar-refractivity contribution in [3.8, 4) is 0 Å². The molecule has 0 N–H and O–H groups in total. The van der Waals surface area contributed by atoms with Crippen LogP contribution in [0.25, 0.3) is 0 Å². The van der Waals surface area contributed by atoms with E-state index in [2.05, 4.69) is 0 Å². The van der Waals surface area contributed by atoms with Crippen molar-refractivity contribution in [2.24, 2.45) is 11.8 Å². The van der Waals surface area contributed by atoms with E-state index in [0.717, 1.165) is 11.8 Å². The van der Waals surface area contributed by atoms with Crippen LogP contribution in [-0.4, -0.2) is 0 Å². The first kappa shape index (κ1) is 20.3. The summed E-state index contributed by atoms with van der Waals surface area (Å²) in [4.78, 5) is 0. The highest BCUT2D eigenvalue weighted by Gasteiger charge is 2.24. The molecular weight excluding hydrogens is 288 g/mol. The van der Waals surface area contributed by atoms with Crippen LogP contribution in [0.3, 0.4) is 0 Å². The van der Waals surface area contributed by atoms with Gasteiger partial charge in [-0.05, 0) is 11.8 Å². The quantitative estimate of drug-likeness (QED) is 0.449. The zero-order chi connectivity index (χ0) is 16.7. The van der Waals surface area contributed by atoms with Crippen molar-refractivity contribution in [3.05, 3.63) is 0 Å². The van der Waals surface area contributed by atoms with Crippen molar-refractivity contribution in [2.45, 2.75) is 141 Å². The Kier molecular flexibility index (Phi) is 12.0. The lowest BCUT2D eigenvalue weighted by Gasteiger charge is -2.32. The van der Waals surface area contributed by atoms with E-state index >= 15 is 0 Å². The lowest BCUT2D eigenvalue weighted by Crippen LogP contribution is -2.20. The smallest absolute Gasteiger partial charge is 0.0386 e. The average Bonchev–Trinajstić information content (AvgIpc) is 2.73. The van der Waals surface area contributed by atoms with E-state index < -0.39 is 0 Å². The molecule has 0 atom stereocenters. The third-order valence-electron chi connectivity index (χ3n) is 6.97. The summed E-state index contributed by atoms with van der Waals surface area (Å²) in [5.41, 5.74) is 0. The Morgan fingerprint density at radius 2 is 0.375 bits per heavy atom. The molecule has 0 saturated heterocycles. The molecular formula is C24H46. The summed E-state index contributed by atoms with van der Waals surface area (Å²) in [6, 6.07) is 0. The highest BCUT2D eigenvalue weighted by atomic mass is 14.3. The average molecular weight is 335 g/mol. The molecule has 0 nitrogen and oxygen atoms in total. The van der Waals surface area contributed by atoms with E-state index in [1.807, 2.05) is 0 Å². The maximum absolute atomic E-state index is 1.56. The molecule has 0 aliphatic heterocycles. The Bertz CT molecular complexity index is 198. The molecule has 0 heterocycles. The molecule has 0 heteroatoms. The third kappa shape index (κ3) is 9.47. The predicted molar refractivity (Wildman–Crippen MR) is 109 cm³/mol. The lowest BCUT2D eigenvalue weighted by atomic mass is 9.73. The minimum Gasteiger partial charge on any atom is -0.0533 e. The fourth-order valence-electron chi connectivity index (χ4n) is 5.33. The summed E-state index contributed by atoms with van der Waals surface area (Å²) in [5.74, 6) is 2.28. The highest BCUT2D eigenvalue weighted by Crippen LogP contribution is 2.37. The minimum atomic E-state index is 1.14. The molecule has 142 valence electrons. The summed E-state index contributed by atoms with van der Waals surface area (Å²) >= 11 is 0. The van der Waals surface area contributed by atoms with Gasteiger partial charge in [0.1, 0.15) is 0 Å². The van der Waals surface area contributed by atoms with Gasteiger partial charge in [0.05, 0.1) is 0 Å². The fraction of sp³-hybridized carbons (Fsp3) is 1.00. The van der Waals surface area contributed by atoms with Gasteiger partial charge in [0.25, 0.3) is 0 Å². The van der Waals surface area contributed by atoms with Gasteiger partial charge in [0, 0.05) is 0 Å². The maximum Gasteiger partial charge on any atom is -0.0386 e. The number of hydrogen-bond acceptors (Lipinski definition) is 0. The molecule has 0 radical (unpaired) electrons. The summed E-state index contributed by atoms with van der Waals surface area (Å²) in [7, 11) is 0. The van der Waals surface area contributed by atoms with Crippen LogP contribution in [0.2, 0.25) is 0 Å². The zero-order valence-electron chi connectivity index (χ0n) is 16.7. The van der Waals surface area contributed by atoms with Crippen molar-refractivity contribution in [1.29, 1.82) is 0 Å². The van der Waals surface area contributed by atoms with Gasteiger partial charge in [-0.1, -0.05) is 141 Å². The Hall–Kier alpha value is 0. The summed E-state index contributed by atoms with van der Waals surface area (Å²) < 4.78 is 0. The van der Waals surface area contributed by atoms with Crippen molar-refractivity contribution in [2.75, 3.05) is 0 Å². The molecule has 0 bridgehead atoms. The monoisotopic (exact) mass is 334 g/mol. The predicted octanol–water partition coefficient (Wildman–Crippen LogP) is 8.83. The SMILES string of the molecule is C1CCC(C2CCCCC2)CC1.C1CCCCC1.C1CCCCC1. The molecule has 0 aromatic carbocycles. The Morgan fingerprint density at radius 1 is 0.208 bits per heavy atom. The number of hydrogen-bond donors (Lipinski definition) is 0. The van der Waals surface area contributed by atoms with Gasteiger partial charge in [0.15, 0.2) is 0 Å². The molecule has 0 unspecified atom stereocenters. The topological polar surface area (TPSA) is 0 Å². The highest BCUT2D eigenvalue weighted by molar-refractivity contribution is 4.76. The largest absolute Gasteiger partial charge is 0.0533 e. The molecule has 4 fully saturated rings. The van der Waals surface area contributed by atoms with Crippen LogP contribution in [0.5, 0.6) is 0 Å². The van der Waals surface area contributed by atoms with Gasteiger partial charge >= 0.3 is 0 Å². The molecule has 4 rings (SSSR count). The van der Waals surface area contributed by atoms with Crippen LogP contribution >= 0.6 is 0 Å². The maximum atomic E-state index is 1.56. The Morgan fingerprint density at radius 3 is 0.583 bits per heavy atom. The van der Waals surface area contributed by atoms with Gasteiger partial charge in [-0.2, -0.15) is 0 Å². The Labute approximate surface area is 153 Å². The Balaban J connectivity index is 0.000000146. The molecule has 24 heavy (non-hydrogen) atoms. The standard InChI is InChI=1S/C12H22.2C6H12/c1-3-7-11(8-4-1)12-9-5-2-6-10-12;2*1-2-4-6-5-3-1/h11-12H,1-10H2;2*1-6H2. The van der Waals surface area contributed by atoms with Crippen molar-refractivity contribution < 1.29 is 0 Å². The molecule has 4 aliphatic carbocycles. The molecule has 0 amide bonds. The van der Waals surface area contributed by atoms with Crippen LogP contribution in [0.4, 0.5) is 0 Å². The molecule has 0 aromatic rings. The van der Waals surface area contributed by atoms with Crippen LogP contribution in [-0.2, 0) is 0 Å². The van der Waals surface area contributed by atoms with E-state index in [1.54, 1.807) is 25.7 Å². The van der Waals surface area contributed by atoms with Crippen molar-refractivity contribution in [1.82, 2.24) is 0 Å². The van der Waals surface area contributed by atoms with Gasteiger partial charge in [-0.15, -0.1) is 0 Å². The molecule has 4 aliphatic rings. The zero-order valence-corrected chi connectivity index (χ0v) is 16.7. The van der Waals surface area contributed by atoms with Crippen LogP contribution < -0.4 is 0 Å². The molecule has 0 aromatic heterocycles. The van der Waals surface area contributed by atoms with E-state index in [-0.39, 0.29) is 0 Å². The van der Waals surface area contributed by atoms with Crippen LogP contribution in [0.1, 0.15) is 141 Å². The second-order valence-corrected chi connectivity index (χ2v) is 9.04. The van der Waals surface area contributed by atoms with Crippen LogP contribution in [0, 0.1) is 11.8 Å². The second kappa shape index (κ2) is 14.2. The third-order valence-corrected chi connectivity index (χ3v) is 6.97. The number of rotatable bonds is 1. The van der Waals surface area contributed by atoms with Gasteiger partial charge in [0.2, 0.25) is 0 Å². The minimum absolute atomic E-state index is 1.14. The first-order chi connectivity index (χ1) is 12.0. The fourth-order valence-corrected chi connectivity index (χ4v) is 5.33. The first-order valence-corrected chi connectivity index (χ1v) is 12.0. The lowest BCUT2D eigenvalue weighted by molar-refractivity contribution is 0.196. The van der Waals surface area contributed by atoms with E-state index in [1.165, 1.54) is 116 Å². The van der Waals surface area contributed by atoms with Gasteiger partial charge in [-0.3, -0.25) is 0 Å². The van der Waals surface area contributed by atoms with Crippen LogP contribution in [0.15, 0.2) is 0 Å². The first-order valence-electron chi connectivity index (χ1n) is 12.0. The molecule has 4 saturated carbocycles. The summed E-state index contributed by atoms with van der Waals surface area (Å²) in [5, 5.41) is 0. The van der Waals surface area contributed by atoms with E-state index in [4.69, 9.17) is 0 Å². The van der Waals surface area contributed by atoms with Crippen molar-refractivity contribution in [3.63, 3.8) is 0 Å². The summed E-state index contributed by atoms with van der Waals surface area (Å²) in [6.07, 6.45) is 33.4. The molecule has 0 spiro atoms. The second-order valence-electron chi connectivity index (χ2n) is 9.04.